The van der Waals surface area contributed by atoms with Crippen LogP contribution in [0.4, 0.5) is 13.2 Å². The second-order valence-electron chi connectivity index (χ2n) is 7.92. The van der Waals surface area contributed by atoms with Crippen molar-refractivity contribution in [2.75, 3.05) is 6.61 Å². The van der Waals surface area contributed by atoms with Crippen molar-refractivity contribution in [2.45, 2.75) is 18.3 Å². The summed E-state index contributed by atoms with van der Waals surface area (Å²) in [5.74, 6) is -0.212. The first-order valence-corrected chi connectivity index (χ1v) is 10.9. The van der Waals surface area contributed by atoms with Gasteiger partial charge in [0.1, 0.15) is 22.7 Å². The van der Waals surface area contributed by atoms with Crippen molar-refractivity contribution in [1.82, 2.24) is 15.3 Å². The fraction of sp³-hybridized carbons (Fsp3) is 0.154. The molecule has 190 valence electrons. The zero-order valence-corrected chi connectivity index (χ0v) is 19.1. The molecule has 1 unspecified atom stereocenters. The maximum absolute atomic E-state index is 13.4. The van der Waals surface area contributed by atoms with Crippen LogP contribution in [0.2, 0.25) is 0 Å². The predicted molar refractivity (Wildman–Crippen MR) is 126 cm³/mol. The molecule has 2 aromatic heterocycles. The van der Waals surface area contributed by atoms with E-state index in [9.17, 15) is 18.0 Å². The third kappa shape index (κ3) is 5.61. The normalized spacial score (nSPS) is 16.4. The van der Waals surface area contributed by atoms with E-state index in [0.29, 0.717) is 29.0 Å². The fourth-order valence-corrected chi connectivity index (χ4v) is 4.17. The Bertz CT molecular complexity index is 1410. The molecule has 0 saturated carbocycles. The molecule has 0 spiro atoms. The van der Waals surface area contributed by atoms with Crippen LogP contribution < -0.4 is 14.8 Å². The number of alkyl halides is 3. The fourth-order valence-electron chi connectivity index (χ4n) is 4.17. The molecule has 4 aromatic rings. The lowest BCUT2D eigenvalue weighted by atomic mass is 9.81. The average Bonchev–Trinajstić information content (AvgIpc) is 2.88. The third-order valence-corrected chi connectivity index (χ3v) is 5.72. The summed E-state index contributed by atoms with van der Waals surface area (Å²) < 4.78 is 47.6. The van der Waals surface area contributed by atoms with E-state index in [1.165, 1.54) is 24.3 Å². The number of halogens is 3. The van der Waals surface area contributed by atoms with E-state index in [2.05, 4.69) is 20.0 Å². The molecule has 0 radical (unpaired) electrons. The summed E-state index contributed by atoms with van der Waals surface area (Å²) in [6, 6.07) is 16.0. The predicted octanol–water partition coefficient (Wildman–Crippen LogP) is 4.69. The van der Waals surface area contributed by atoms with E-state index in [1.54, 1.807) is 42.9 Å². The Kier molecular flexibility index (Phi) is 7.23. The average molecular weight is 511 g/mol. The van der Waals surface area contributed by atoms with Gasteiger partial charge in [-0.3, -0.25) is 19.6 Å². The molecule has 5 rings (SSSR count). The number of rotatable bonds is 4. The zero-order valence-electron chi connectivity index (χ0n) is 19.1. The highest BCUT2D eigenvalue weighted by Gasteiger charge is 2.42. The van der Waals surface area contributed by atoms with E-state index in [-0.39, 0.29) is 24.7 Å². The van der Waals surface area contributed by atoms with Gasteiger partial charge in [0.2, 0.25) is 0 Å². The molecule has 8 nitrogen and oxygen atoms in total. The van der Waals surface area contributed by atoms with Gasteiger partial charge in [-0.1, -0.05) is 18.2 Å². The van der Waals surface area contributed by atoms with Gasteiger partial charge in [-0.15, -0.1) is 13.2 Å². The maximum atomic E-state index is 13.4. The molecule has 0 saturated heterocycles. The minimum Gasteiger partial charge on any atom is -0.491 e. The second kappa shape index (κ2) is 10.5. The summed E-state index contributed by atoms with van der Waals surface area (Å²) in [5, 5.41) is 11.7. The number of hydrogen-bond donors (Lipinski definition) is 2. The topological polar surface area (TPSA) is 111 Å². The molecule has 2 aromatic carbocycles. The van der Waals surface area contributed by atoms with Crippen LogP contribution in [0.25, 0.3) is 10.8 Å². The number of nitrogens with one attached hydrogen (secondary N) is 1. The Balaban J connectivity index is 0.00000102. The molecule has 37 heavy (non-hydrogen) atoms. The smallest absolute Gasteiger partial charge is 0.491 e. The number of nitrogens with zero attached hydrogens (tertiary/aromatic N) is 2. The highest BCUT2D eigenvalue weighted by Crippen LogP contribution is 2.41. The molecule has 1 aliphatic rings. The number of hydrogen-bond acceptors (Lipinski definition) is 6. The van der Waals surface area contributed by atoms with E-state index in [4.69, 9.17) is 14.6 Å². The number of carbonyl (C=O) groups is 2. The second-order valence-corrected chi connectivity index (χ2v) is 7.92. The lowest BCUT2D eigenvalue weighted by molar-refractivity contribution is -0.274. The van der Waals surface area contributed by atoms with Gasteiger partial charge in [-0.25, -0.2) is 0 Å². The van der Waals surface area contributed by atoms with Gasteiger partial charge in [-0.05, 0) is 53.4 Å². The highest BCUT2D eigenvalue weighted by atomic mass is 19.4. The van der Waals surface area contributed by atoms with Gasteiger partial charge in [0.15, 0.2) is 0 Å². The number of fused-ring (bicyclic) bond motifs is 2. The third-order valence-electron chi connectivity index (χ3n) is 5.72. The summed E-state index contributed by atoms with van der Waals surface area (Å²) in [5.41, 5.74) is 0.349. The van der Waals surface area contributed by atoms with Crippen molar-refractivity contribution in [2.24, 2.45) is 0 Å². The number of aromatic nitrogens is 2. The highest BCUT2D eigenvalue weighted by molar-refractivity contribution is 5.99. The molecule has 0 aliphatic carbocycles. The first-order valence-electron chi connectivity index (χ1n) is 10.9. The molecule has 3 heterocycles. The first kappa shape index (κ1) is 25.4. The minimum absolute atomic E-state index is 0.250. The van der Waals surface area contributed by atoms with E-state index < -0.39 is 11.9 Å². The minimum atomic E-state index is -4.80. The Hall–Kier alpha value is -4.67. The number of carboxylic acid groups (broad SMARTS) is 1. The van der Waals surface area contributed by atoms with Gasteiger partial charge in [0.25, 0.3) is 12.4 Å². The van der Waals surface area contributed by atoms with Crippen LogP contribution in [0.1, 0.15) is 28.0 Å². The van der Waals surface area contributed by atoms with Gasteiger partial charge < -0.3 is 19.9 Å². The van der Waals surface area contributed by atoms with Gasteiger partial charge in [0.05, 0.1) is 6.61 Å². The van der Waals surface area contributed by atoms with E-state index in [1.807, 2.05) is 12.1 Å². The van der Waals surface area contributed by atoms with Crippen LogP contribution in [-0.2, 0) is 10.3 Å². The van der Waals surface area contributed by atoms with E-state index in [0.717, 1.165) is 10.8 Å². The van der Waals surface area contributed by atoms with Crippen LogP contribution in [0, 0.1) is 0 Å². The zero-order chi connectivity index (χ0) is 26.5. The van der Waals surface area contributed by atoms with Gasteiger partial charge in [-0.2, -0.15) is 0 Å². The standard InChI is InChI=1S/C25H18F3N3O3.CH2O2/c26-25(27,28)34-20-7-5-19(6-8-20)24(10-13-33-21-2-1-11-30-22(21)24)31-23(32)17-3-4-18-15-29-12-9-16(18)14-17;2-1-3/h1-9,11-12,14-15H,10,13H2,(H,31,32);1H,(H,2,3). The van der Waals surface area contributed by atoms with Crippen molar-refractivity contribution >= 4 is 23.2 Å². The maximum Gasteiger partial charge on any atom is 0.573 e. The van der Waals surface area contributed by atoms with Crippen molar-refractivity contribution in [3.8, 4) is 11.5 Å². The Morgan fingerprint density at radius 1 is 1.08 bits per heavy atom. The summed E-state index contributed by atoms with van der Waals surface area (Å²) in [4.78, 5) is 30.3. The van der Waals surface area contributed by atoms with Gasteiger partial charge >= 0.3 is 6.36 Å². The van der Waals surface area contributed by atoms with Gasteiger partial charge in [0, 0.05) is 36.0 Å². The van der Waals surface area contributed by atoms with Crippen LogP contribution >= 0.6 is 0 Å². The quantitative estimate of drug-likeness (QED) is 0.383. The number of pyridine rings is 2. The molecular formula is C26H20F3N3O5. The summed E-state index contributed by atoms with van der Waals surface area (Å²) in [7, 11) is 0. The molecule has 1 amide bonds. The number of amides is 1. The molecular weight excluding hydrogens is 491 g/mol. The molecule has 1 aliphatic heterocycles. The SMILES string of the molecule is O=C(NC1(c2ccc(OC(F)(F)F)cc2)CCOc2cccnc21)c1ccc2cnccc2c1.O=CO. The Morgan fingerprint density at radius 2 is 1.84 bits per heavy atom. The van der Waals surface area contributed by atoms with Crippen molar-refractivity contribution in [3.63, 3.8) is 0 Å². The Labute approximate surface area is 208 Å². The molecule has 1 atom stereocenters. The number of benzene rings is 2. The van der Waals surface area contributed by atoms with Crippen molar-refractivity contribution in [1.29, 1.82) is 0 Å². The van der Waals surface area contributed by atoms with Crippen LogP contribution in [-0.4, -0.2) is 40.4 Å². The molecule has 0 bridgehead atoms. The first-order chi connectivity index (χ1) is 17.8. The van der Waals surface area contributed by atoms with Crippen molar-refractivity contribution < 1.29 is 37.3 Å². The number of carbonyl (C=O) groups excluding carboxylic acids is 1. The Morgan fingerprint density at radius 3 is 2.57 bits per heavy atom. The number of ether oxygens (including phenoxy) is 2. The van der Waals surface area contributed by atoms with Crippen molar-refractivity contribution in [3.05, 3.63) is 96.1 Å². The lowest BCUT2D eigenvalue weighted by Crippen LogP contribution is -2.50. The van der Waals surface area contributed by atoms with Crippen LogP contribution in [0.5, 0.6) is 11.5 Å². The molecule has 0 fully saturated rings. The lowest BCUT2D eigenvalue weighted by Gasteiger charge is -2.39. The summed E-state index contributed by atoms with van der Waals surface area (Å²) in [6.07, 6.45) is 0.473. The molecule has 2 N–H and O–H groups in total. The monoisotopic (exact) mass is 511 g/mol. The molecule has 11 heteroatoms. The van der Waals surface area contributed by atoms with Crippen LogP contribution in [0.3, 0.4) is 0 Å². The summed E-state index contributed by atoms with van der Waals surface area (Å²) >= 11 is 0. The van der Waals surface area contributed by atoms with Crippen LogP contribution in [0.15, 0.2) is 79.3 Å². The largest absolute Gasteiger partial charge is 0.573 e. The van der Waals surface area contributed by atoms with E-state index >= 15 is 0 Å². The summed E-state index contributed by atoms with van der Waals surface area (Å²) in [6.45, 7) is 0.0309.